The Morgan fingerprint density at radius 2 is 1.55 bits per heavy atom. The van der Waals surface area contributed by atoms with Gasteiger partial charge in [-0.2, -0.15) is 0 Å². The van der Waals surface area contributed by atoms with E-state index in [2.05, 4.69) is 68.8 Å². The molecule has 108 valence electrons. The Bertz CT molecular complexity index is 416. The number of hydrogen-bond donors (Lipinski definition) is 0. The van der Waals surface area contributed by atoms with Gasteiger partial charge in [0, 0.05) is 0 Å². The Morgan fingerprint density at radius 3 is 2.10 bits per heavy atom. The minimum absolute atomic E-state index is 0. The van der Waals surface area contributed by atoms with Crippen molar-refractivity contribution in [3.63, 3.8) is 0 Å². The van der Waals surface area contributed by atoms with E-state index < -0.39 is 0 Å². The summed E-state index contributed by atoms with van der Waals surface area (Å²) in [4.78, 5) is 2.59. The predicted octanol–water partition coefficient (Wildman–Crippen LogP) is -2.55. The standard InChI is InChI=1S/C15H22BN.2ClH.Zr/c1-12(2)17(13(3)4)16-10-9-14-7-5-6-8-15(14)11-16;;;/h5-10,12-13H,11H2,1-4H3;2*1H;/q;;;+2/p-2. The van der Waals surface area contributed by atoms with Gasteiger partial charge in [0.15, 0.2) is 0 Å². The van der Waals surface area contributed by atoms with E-state index in [4.69, 9.17) is 0 Å². The van der Waals surface area contributed by atoms with Gasteiger partial charge in [0.2, 0.25) is 0 Å². The summed E-state index contributed by atoms with van der Waals surface area (Å²) < 4.78 is 0. The molecule has 0 atom stereocenters. The molecule has 0 aliphatic carbocycles. The molecule has 0 aromatic heterocycles. The van der Waals surface area contributed by atoms with Crippen LogP contribution in [0.4, 0.5) is 0 Å². The SMILES string of the molecule is CC(C)N(B1C=Cc2ccccc2C1)C(C)C.[Cl-].[Cl-].[Zr+2]. The third-order valence-electron chi connectivity index (χ3n) is 3.56. The summed E-state index contributed by atoms with van der Waals surface area (Å²) in [6, 6.07) is 9.91. The van der Waals surface area contributed by atoms with E-state index in [1.165, 1.54) is 11.1 Å². The maximum atomic E-state index is 2.59. The van der Waals surface area contributed by atoms with Crippen LogP contribution in [0.3, 0.4) is 0 Å². The molecular weight excluding hydrogens is 367 g/mol. The quantitative estimate of drug-likeness (QED) is 0.515. The van der Waals surface area contributed by atoms with Gasteiger partial charge in [-0.05, 0) is 29.5 Å². The van der Waals surface area contributed by atoms with E-state index in [-0.39, 0.29) is 51.0 Å². The summed E-state index contributed by atoms with van der Waals surface area (Å²) in [5, 5.41) is 0. The van der Waals surface area contributed by atoms with Gasteiger partial charge < -0.3 is 29.6 Å². The normalized spacial score (nSPS) is 12.7. The fourth-order valence-corrected chi connectivity index (χ4v) is 2.96. The predicted molar refractivity (Wildman–Crippen MR) is 77.0 cm³/mol. The maximum Gasteiger partial charge on any atom is 2.00 e. The molecule has 1 aliphatic rings. The van der Waals surface area contributed by atoms with Gasteiger partial charge in [-0.25, -0.2) is 0 Å². The molecule has 2 rings (SSSR count). The average Bonchev–Trinajstić information content (AvgIpc) is 2.28. The van der Waals surface area contributed by atoms with E-state index in [1.807, 2.05) is 0 Å². The molecule has 0 amide bonds. The molecule has 0 saturated heterocycles. The Hall–Kier alpha value is 0.448. The largest absolute Gasteiger partial charge is 2.00 e. The molecule has 1 heterocycles. The number of fused-ring (bicyclic) bond motifs is 1. The zero-order valence-corrected chi connectivity index (χ0v) is 16.6. The van der Waals surface area contributed by atoms with Crippen molar-refractivity contribution in [3.8, 4) is 0 Å². The van der Waals surface area contributed by atoms with Crippen molar-refractivity contribution in [1.82, 2.24) is 4.81 Å². The first-order chi connectivity index (χ1) is 8.09. The molecule has 1 aromatic carbocycles. The smallest absolute Gasteiger partial charge is 1.00 e. The Morgan fingerprint density at radius 1 is 1.00 bits per heavy atom. The van der Waals surface area contributed by atoms with Gasteiger partial charge in [-0.3, -0.25) is 0 Å². The molecule has 20 heavy (non-hydrogen) atoms. The zero-order chi connectivity index (χ0) is 12.4. The molecule has 0 fully saturated rings. The van der Waals surface area contributed by atoms with E-state index in [9.17, 15) is 0 Å². The van der Waals surface area contributed by atoms with Gasteiger partial charge in [-0.15, -0.1) is 0 Å². The van der Waals surface area contributed by atoms with Crippen LogP contribution in [0, 0.1) is 0 Å². The summed E-state index contributed by atoms with van der Waals surface area (Å²) in [5.41, 5.74) is 2.86. The van der Waals surface area contributed by atoms with Gasteiger partial charge in [-0.1, -0.05) is 64.0 Å². The summed E-state index contributed by atoms with van der Waals surface area (Å²) in [6.07, 6.45) is 3.42. The minimum atomic E-state index is 0. The van der Waals surface area contributed by atoms with Crippen molar-refractivity contribution in [3.05, 3.63) is 41.4 Å². The van der Waals surface area contributed by atoms with Crippen LogP contribution in [0.2, 0.25) is 0 Å². The van der Waals surface area contributed by atoms with Gasteiger partial charge in [0.25, 0.3) is 6.85 Å². The number of nitrogens with zero attached hydrogens (tertiary/aromatic N) is 1. The minimum Gasteiger partial charge on any atom is -1.00 e. The van der Waals surface area contributed by atoms with Crippen molar-refractivity contribution >= 4 is 12.9 Å². The number of hydrogen-bond acceptors (Lipinski definition) is 1. The number of benzene rings is 1. The first-order valence-corrected chi connectivity index (χ1v) is 6.63. The summed E-state index contributed by atoms with van der Waals surface area (Å²) >= 11 is 0. The summed E-state index contributed by atoms with van der Waals surface area (Å²) in [7, 11) is 0. The van der Waals surface area contributed by atoms with Gasteiger partial charge >= 0.3 is 26.2 Å². The second-order valence-electron chi connectivity index (χ2n) is 5.46. The van der Waals surface area contributed by atoms with E-state index in [1.54, 1.807) is 0 Å². The molecule has 0 radical (unpaired) electrons. The molecule has 0 N–H and O–H groups in total. The fraction of sp³-hybridized carbons (Fsp3) is 0.467. The van der Waals surface area contributed by atoms with Crippen molar-refractivity contribution in [2.45, 2.75) is 46.1 Å². The number of halogens is 2. The zero-order valence-electron chi connectivity index (χ0n) is 12.6. The molecule has 0 spiro atoms. The topological polar surface area (TPSA) is 3.24 Å². The van der Waals surface area contributed by atoms with Crippen LogP contribution in [-0.4, -0.2) is 23.7 Å². The Labute approximate surface area is 155 Å². The Balaban J connectivity index is 0. The van der Waals surface area contributed by atoms with Crippen LogP contribution >= 0.6 is 0 Å². The molecule has 1 aliphatic heterocycles. The van der Waals surface area contributed by atoms with Crippen LogP contribution < -0.4 is 24.8 Å². The van der Waals surface area contributed by atoms with Crippen LogP contribution in [0.25, 0.3) is 6.08 Å². The Kier molecular flexibility index (Phi) is 11.6. The van der Waals surface area contributed by atoms with E-state index >= 15 is 0 Å². The van der Waals surface area contributed by atoms with Crippen LogP contribution in [-0.2, 0) is 32.5 Å². The van der Waals surface area contributed by atoms with Crippen molar-refractivity contribution in [2.24, 2.45) is 0 Å². The summed E-state index contributed by atoms with van der Waals surface area (Å²) in [6.45, 7) is 9.69. The third kappa shape index (κ3) is 5.33. The molecule has 1 nitrogen and oxygen atoms in total. The van der Waals surface area contributed by atoms with Crippen LogP contribution in [0.1, 0.15) is 38.8 Å². The van der Waals surface area contributed by atoms with Crippen LogP contribution in [0.15, 0.2) is 30.2 Å². The molecule has 1 aromatic rings. The molecule has 0 bridgehead atoms. The average molecular weight is 389 g/mol. The summed E-state index contributed by atoms with van der Waals surface area (Å²) in [5.74, 6) is 2.36. The first kappa shape index (κ1) is 22.7. The van der Waals surface area contributed by atoms with Crippen molar-refractivity contribution in [1.29, 1.82) is 0 Å². The van der Waals surface area contributed by atoms with E-state index in [0.717, 1.165) is 6.32 Å². The van der Waals surface area contributed by atoms with E-state index in [0.29, 0.717) is 18.9 Å². The molecule has 0 unspecified atom stereocenters. The maximum absolute atomic E-state index is 2.59. The van der Waals surface area contributed by atoms with Gasteiger partial charge in [0.1, 0.15) is 0 Å². The van der Waals surface area contributed by atoms with Gasteiger partial charge in [0.05, 0.1) is 0 Å². The van der Waals surface area contributed by atoms with Crippen molar-refractivity contribution < 1.29 is 51.0 Å². The second kappa shape index (κ2) is 10.2. The fourth-order valence-electron chi connectivity index (χ4n) is 2.96. The molecule has 0 saturated carbocycles. The molecular formula is C15H22BCl2NZr. The second-order valence-corrected chi connectivity index (χ2v) is 5.46. The first-order valence-electron chi connectivity index (χ1n) is 6.63. The van der Waals surface area contributed by atoms with Crippen LogP contribution in [0.5, 0.6) is 0 Å². The molecule has 5 heteroatoms. The third-order valence-corrected chi connectivity index (χ3v) is 3.56. The monoisotopic (exact) mass is 387 g/mol. The number of rotatable bonds is 3. The van der Waals surface area contributed by atoms with Crippen molar-refractivity contribution in [2.75, 3.05) is 0 Å².